The molecular formula is C25H40FNO4. The van der Waals surface area contributed by atoms with E-state index in [0.29, 0.717) is 31.3 Å². The molecule has 3 aliphatic carbocycles. The summed E-state index contributed by atoms with van der Waals surface area (Å²) in [4.78, 5) is 15.6. The molecule has 0 radical (unpaired) electrons. The van der Waals surface area contributed by atoms with Crippen LogP contribution in [0.4, 0.5) is 4.39 Å². The summed E-state index contributed by atoms with van der Waals surface area (Å²) in [5.74, 6) is 0.565. The van der Waals surface area contributed by atoms with Gasteiger partial charge in [-0.15, -0.1) is 0 Å². The molecular weight excluding hydrogens is 397 g/mol. The van der Waals surface area contributed by atoms with E-state index in [1.165, 1.54) is 0 Å². The topological polar surface area (TPSA) is 70.0 Å². The summed E-state index contributed by atoms with van der Waals surface area (Å²) >= 11 is 0. The van der Waals surface area contributed by atoms with E-state index in [2.05, 4.69) is 18.7 Å². The van der Waals surface area contributed by atoms with E-state index in [1.807, 2.05) is 0 Å². The minimum atomic E-state index is -1.09. The minimum absolute atomic E-state index is 0.151. The predicted molar refractivity (Wildman–Crippen MR) is 115 cm³/mol. The average Bonchev–Trinajstić information content (AvgIpc) is 2.76. The van der Waals surface area contributed by atoms with E-state index in [1.54, 1.807) is 0 Å². The van der Waals surface area contributed by atoms with Gasteiger partial charge in [-0.2, -0.15) is 0 Å². The fraction of sp³-hybridized carbons (Fsp3) is 0.960. The molecule has 176 valence electrons. The van der Waals surface area contributed by atoms with Crippen LogP contribution >= 0.6 is 0 Å². The summed E-state index contributed by atoms with van der Waals surface area (Å²) in [6.45, 7) is 5.87. The zero-order valence-corrected chi connectivity index (χ0v) is 19.1. The van der Waals surface area contributed by atoms with Gasteiger partial charge >= 0.3 is 0 Å². The monoisotopic (exact) mass is 437 g/mol. The molecule has 5 fully saturated rings. The number of amides is 1. The number of halogens is 1. The Morgan fingerprint density at radius 1 is 1.03 bits per heavy atom. The van der Waals surface area contributed by atoms with Crippen LogP contribution in [0.25, 0.3) is 0 Å². The second kappa shape index (κ2) is 7.95. The minimum Gasteiger partial charge on any atom is -0.390 e. The van der Waals surface area contributed by atoms with Crippen LogP contribution in [0.1, 0.15) is 78.1 Å². The van der Waals surface area contributed by atoms with Crippen LogP contribution in [-0.2, 0) is 9.53 Å². The Kier molecular flexibility index (Phi) is 5.66. The van der Waals surface area contributed by atoms with Crippen molar-refractivity contribution in [2.75, 3.05) is 13.2 Å². The first-order valence-corrected chi connectivity index (χ1v) is 12.7. The van der Waals surface area contributed by atoms with Crippen molar-refractivity contribution in [2.24, 2.45) is 29.1 Å². The molecule has 6 heteroatoms. The highest BCUT2D eigenvalue weighted by molar-refractivity contribution is 5.82. The van der Waals surface area contributed by atoms with E-state index >= 15 is 4.39 Å². The Bertz CT molecular complexity index is 699. The highest BCUT2D eigenvalue weighted by Crippen LogP contribution is 2.64. The van der Waals surface area contributed by atoms with Crippen LogP contribution < -0.4 is 0 Å². The number of aliphatic hydroxyl groups is 2. The Balaban J connectivity index is 1.42. The number of hydrogen-bond donors (Lipinski definition) is 2. The fourth-order valence-electron chi connectivity index (χ4n) is 8.68. The molecule has 10 atom stereocenters. The van der Waals surface area contributed by atoms with Crippen molar-refractivity contribution in [2.45, 2.75) is 108 Å². The van der Waals surface area contributed by atoms with Gasteiger partial charge < -0.3 is 19.8 Å². The second-order valence-electron chi connectivity index (χ2n) is 11.6. The second-order valence-corrected chi connectivity index (χ2v) is 11.6. The lowest BCUT2D eigenvalue weighted by atomic mass is 9.44. The Labute approximate surface area is 185 Å². The number of fused-ring (bicyclic) bond motifs is 5. The number of alkyl halides is 1. The first-order chi connectivity index (χ1) is 14.8. The van der Waals surface area contributed by atoms with Gasteiger partial charge in [0.1, 0.15) is 12.3 Å². The molecule has 3 saturated carbocycles. The van der Waals surface area contributed by atoms with Gasteiger partial charge in [0.2, 0.25) is 0 Å². The normalized spacial score (nSPS) is 52.6. The Morgan fingerprint density at radius 3 is 2.58 bits per heavy atom. The average molecular weight is 438 g/mol. The van der Waals surface area contributed by atoms with Crippen LogP contribution in [0.5, 0.6) is 0 Å². The lowest BCUT2D eigenvalue weighted by Crippen LogP contribution is -2.68. The van der Waals surface area contributed by atoms with Crippen LogP contribution in [0.3, 0.4) is 0 Å². The number of likely N-dealkylation sites (tertiary alicyclic amines) is 1. The highest BCUT2D eigenvalue weighted by atomic mass is 19.1. The molecule has 5 aliphatic rings. The maximum atomic E-state index is 15.6. The lowest BCUT2D eigenvalue weighted by Gasteiger charge is -2.65. The number of nitrogens with zero attached hydrogens (tertiary/aromatic N) is 1. The molecule has 0 aromatic rings. The molecule has 2 saturated heterocycles. The molecule has 5 nitrogen and oxygen atoms in total. The van der Waals surface area contributed by atoms with Crippen molar-refractivity contribution in [3.8, 4) is 0 Å². The number of aliphatic hydroxyl groups excluding tert-OH is 2. The molecule has 2 aliphatic heterocycles. The van der Waals surface area contributed by atoms with Crippen molar-refractivity contribution in [1.82, 2.24) is 4.90 Å². The van der Waals surface area contributed by atoms with Crippen LogP contribution in [0.2, 0.25) is 0 Å². The first-order valence-electron chi connectivity index (χ1n) is 12.7. The zero-order valence-electron chi connectivity index (χ0n) is 19.1. The number of carbonyl (C=O) groups excluding carboxylic acids is 1. The zero-order chi connectivity index (χ0) is 22.0. The van der Waals surface area contributed by atoms with Gasteiger partial charge in [-0.3, -0.25) is 4.79 Å². The van der Waals surface area contributed by atoms with Crippen LogP contribution in [0, 0.1) is 29.1 Å². The smallest absolute Gasteiger partial charge is 0.252 e. The van der Waals surface area contributed by atoms with Crippen LogP contribution in [0.15, 0.2) is 0 Å². The third-order valence-corrected chi connectivity index (χ3v) is 10.3. The summed E-state index contributed by atoms with van der Waals surface area (Å²) < 4.78 is 21.5. The van der Waals surface area contributed by atoms with Gasteiger partial charge in [-0.05, 0) is 94.3 Å². The third kappa shape index (κ3) is 3.30. The van der Waals surface area contributed by atoms with Crippen molar-refractivity contribution in [3.63, 3.8) is 0 Å². The van der Waals surface area contributed by atoms with Crippen molar-refractivity contribution >= 4 is 5.91 Å². The fourth-order valence-corrected chi connectivity index (χ4v) is 8.68. The van der Waals surface area contributed by atoms with Gasteiger partial charge in [-0.25, -0.2) is 4.39 Å². The quantitative estimate of drug-likeness (QED) is 0.659. The number of ether oxygens (including phenoxy) is 1. The summed E-state index contributed by atoms with van der Waals surface area (Å²) in [6.07, 6.45) is 5.44. The van der Waals surface area contributed by atoms with E-state index < -0.39 is 24.3 Å². The lowest BCUT2D eigenvalue weighted by molar-refractivity contribution is -0.209. The molecule has 2 heterocycles. The molecule has 2 unspecified atom stereocenters. The van der Waals surface area contributed by atoms with Gasteiger partial charge in [0.15, 0.2) is 0 Å². The predicted octanol–water partition coefficient (Wildman–Crippen LogP) is 3.46. The van der Waals surface area contributed by atoms with Crippen molar-refractivity contribution < 1.29 is 24.1 Å². The SMILES string of the molecule is CC12CC[C@H](O)[C@H](O)C1[C@H](F)C[C@H]1[C@@H]2CC[C@@]2(C)[C@H]1CCCN2C(=O)[C@H]1CCCCO1. The number of carbonyl (C=O) groups is 1. The van der Waals surface area contributed by atoms with Gasteiger partial charge in [0, 0.05) is 24.6 Å². The molecule has 1 amide bonds. The summed E-state index contributed by atoms with van der Waals surface area (Å²) in [6, 6.07) is 0. The maximum absolute atomic E-state index is 15.6. The van der Waals surface area contributed by atoms with Crippen LogP contribution in [-0.4, -0.2) is 64.2 Å². The standard InChI is InChI=1S/C25H40FNO4/c1-24-10-9-19(28)22(29)21(24)18(26)14-15-16(24)8-11-25(2)17(15)6-5-12-27(25)23(30)20-7-3-4-13-31-20/h15-22,28-29H,3-14H2,1-2H3/t15-,16-,17-,18+,19-,20+,21?,22-,24?,25-/m0/s1. The van der Waals surface area contributed by atoms with Crippen molar-refractivity contribution in [3.05, 3.63) is 0 Å². The van der Waals surface area contributed by atoms with Gasteiger partial charge in [0.05, 0.1) is 12.2 Å². The van der Waals surface area contributed by atoms with E-state index in [-0.39, 0.29) is 28.9 Å². The molecule has 0 bridgehead atoms. The summed E-state index contributed by atoms with van der Waals surface area (Å²) in [5.41, 5.74) is -0.506. The van der Waals surface area contributed by atoms with E-state index in [9.17, 15) is 15.0 Å². The van der Waals surface area contributed by atoms with Gasteiger partial charge in [-0.1, -0.05) is 6.92 Å². The van der Waals surface area contributed by atoms with Gasteiger partial charge in [0.25, 0.3) is 5.91 Å². The Morgan fingerprint density at radius 2 is 1.84 bits per heavy atom. The number of piperidine rings is 1. The largest absolute Gasteiger partial charge is 0.390 e. The summed E-state index contributed by atoms with van der Waals surface area (Å²) in [7, 11) is 0. The number of rotatable bonds is 1. The van der Waals surface area contributed by atoms with E-state index in [4.69, 9.17) is 4.74 Å². The van der Waals surface area contributed by atoms with E-state index in [0.717, 1.165) is 57.9 Å². The molecule has 0 aromatic carbocycles. The number of hydrogen-bond acceptors (Lipinski definition) is 4. The highest BCUT2D eigenvalue weighted by Gasteiger charge is 2.63. The molecule has 0 aromatic heterocycles. The third-order valence-electron chi connectivity index (χ3n) is 10.3. The Hall–Kier alpha value is -0.720. The molecule has 5 rings (SSSR count). The molecule has 2 N–H and O–H groups in total. The summed E-state index contributed by atoms with van der Waals surface area (Å²) in [5, 5.41) is 20.9. The first kappa shape index (κ1) is 22.1. The molecule has 0 spiro atoms. The van der Waals surface area contributed by atoms with Crippen molar-refractivity contribution in [1.29, 1.82) is 0 Å². The molecule has 31 heavy (non-hydrogen) atoms. The maximum Gasteiger partial charge on any atom is 0.252 e.